The number of benzene rings is 1. The Hall–Kier alpha value is -1.93. The van der Waals surface area contributed by atoms with Crippen LogP contribution in [-0.4, -0.2) is 41.2 Å². The molecule has 4 nitrogen and oxygen atoms in total. The summed E-state index contributed by atoms with van der Waals surface area (Å²) in [5, 5.41) is 0.695. The van der Waals surface area contributed by atoms with Crippen molar-refractivity contribution in [3.05, 3.63) is 53.2 Å². The second kappa shape index (κ2) is 11.1. The first-order valence-electron chi connectivity index (χ1n) is 10.1. The lowest BCUT2D eigenvalue weighted by Crippen LogP contribution is -2.41. The van der Waals surface area contributed by atoms with Crippen LogP contribution in [0.3, 0.4) is 0 Å². The van der Waals surface area contributed by atoms with Crippen LogP contribution in [0.25, 0.3) is 0 Å². The van der Waals surface area contributed by atoms with Gasteiger partial charge in [-0.25, -0.2) is 4.98 Å². The molecule has 31 heavy (non-hydrogen) atoms. The van der Waals surface area contributed by atoms with Gasteiger partial charge < -0.3 is 9.64 Å². The maximum Gasteiger partial charge on any atom is 0.421 e. The number of likely N-dealkylation sites (tertiary alicyclic amines) is 1. The molecule has 0 saturated carbocycles. The summed E-state index contributed by atoms with van der Waals surface area (Å²) in [5.41, 5.74) is -0.878. The smallest absolute Gasteiger partial charge is 0.421 e. The van der Waals surface area contributed by atoms with Crippen LogP contribution in [-0.2, 0) is 11.0 Å². The van der Waals surface area contributed by atoms with Gasteiger partial charge in [-0.3, -0.25) is 4.79 Å². The number of halogens is 4. The van der Waals surface area contributed by atoms with Gasteiger partial charge in [0.2, 0.25) is 11.8 Å². The van der Waals surface area contributed by atoms with Crippen molar-refractivity contribution < 1.29 is 22.7 Å². The van der Waals surface area contributed by atoms with E-state index in [4.69, 9.17) is 16.3 Å². The summed E-state index contributed by atoms with van der Waals surface area (Å²) in [6.45, 7) is 1.28. The minimum absolute atomic E-state index is 0.00997. The van der Waals surface area contributed by atoms with E-state index in [-0.39, 0.29) is 18.4 Å². The Morgan fingerprint density at radius 1 is 1.26 bits per heavy atom. The third kappa shape index (κ3) is 7.31. The fourth-order valence-electron chi connectivity index (χ4n) is 3.45. The first-order valence-corrected chi connectivity index (χ1v) is 11.5. The molecule has 1 unspecified atom stereocenters. The number of rotatable bonds is 8. The van der Waals surface area contributed by atoms with E-state index in [9.17, 15) is 18.0 Å². The van der Waals surface area contributed by atoms with Gasteiger partial charge in [-0.05, 0) is 61.4 Å². The zero-order valence-corrected chi connectivity index (χ0v) is 18.5. The number of thioether (sulfide) groups is 1. The van der Waals surface area contributed by atoms with Crippen molar-refractivity contribution in [1.82, 2.24) is 9.88 Å². The average Bonchev–Trinajstić information content (AvgIpc) is 2.76. The molecule has 0 N–H and O–H groups in total. The van der Waals surface area contributed by atoms with Crippen molar-refractivity contribution in [3.63, 3.8) is 0 Å². The van der Waals surface area contributed by atoms with Crippen LogP contribution in [0.5, 0.6) is 5.88 Å². The van der Waals surface area contributed by atoms with E-state index in [0.29, 0.717) is 24.5 Å². The molecule has 9 heteroatoms. The monoisotopic (exact) mass is 472 g/mol. The fraction of sp³-hybridized carbons (Fsp3) is 0.455. The largest absolute Gasteiger partial charge is 0.477 e. The van der Waals surface area contributed by atoms with E-state index in [1.807, 2.05) is 24.3 Å². The Labute approximate surface area is 189 Å². The molecule has 0 bridgehead atoms. The standard InChI is InChI=1S/C22H24ClF3N2O2S/c23-17-7-9-18(10-8-17)31-13-3-6-20(29)28-12-2-4-16(14-28)15-30-21-19(22(24,25)26)5-1-11-27-21/h1,5,7-11,16H,2-4,6,12-15H2. The van der Waals surface area contributed by atoms with Gasteiger partial charge in [0.25, 0.3) is 0 Å². The Morgan fingerprint density at radius 2 is 2.03 bits per heavy atom. The summed E-state index contributed by atoms with van der Waals surface area (Å²) >= 11 is 7.55. The van der Waals surface area contributed by atoms with Crippen molar-refractivity contribution in [2.45, 2.75) is 36.8 Å². The molecule has 2 aromatic rings. The molecule has 3 rings (SSSR count). The summed E-state index contributed by atoms with van der Waals surface area (Å²) in [6.07, 6.45) is -0.400. The third-order valence-electron chi connectivity index (χ3n) is 5.02. The van der Waals surface area contributed by atoms with E-state index >= 15 is 0 Å². The summed E-state index contributed by atoms with van der Waals surface area (Å²) in [5.74, 6) is 0.491. The number of carbonyl (C=O) groups excluding carboxylic acids is 1. The zero-order chi connectivity index (χ0) is 22.3. The number of alkyl halides is 3. The molecule has 0 radical (unpaired) electrons. The van der Waals surface area contributed by atoms with Gasteiger partial charge in [-0.1, -0.05) is 11.6 Å². The molecule has 0 aliphatic carbocycles. The highest BCUT2D eigenvalue weighted by molar-refractivity contribution is 7.99. The lowest BCUT2D eigenvalue weighted by atomic mass is 9.98. The molecule has 0 spiro atoms. The molecular formula is C22H24ClF3N2O2S. The van der Waals surface area contributed by atoms with Crippen LogP contribution >= 0.6 is 23.4 Å². The van der Waals surface area contributed by atoms with E-state index < -0.39 is 17.6 Å². The Balaban J connectivity index is 1.42. The Kier molecular flexibility index (Phi) is 8.49. The Bertz CT molecular complexity index is 865. The van der Waals surface area contributed by atoms with Gasteiger partial charge in [0.1, 0.15) is 5.56 Å². The number of hydrogen-bond acceptors (Lipinski definition) is 4. The van der Waals surface area contributed by atoms with Crippen molar-refractivity contribution >= 4 is 29.3 Å². The van der Waals surface area contributed by atoms with Gasteiger partial charge >= 0.3 is 6.18 Å². The molecule has 168 valence electrons. The van der Waals surface area contributed by atoms with Crippen molar-refractivity contribution in [3.8, 4) is 5.88 Å². The quantitative estimate of drug-likeness (QED) is 0.352. The van der Waals surface area contributed by atoms with Crippen molar-refractivity contribution in [2.24, 2.45) is 5.92 Å². The zero-order valence-electron chi connectivity index (χ0n) is 16.9. The molecule has 1 amide bonds. The second-order valence-corrected chi connectivity index (χ2v) is 9.02. The third-order valence-corrected chi connectivity index (χ3v) is 6.37. The molecule has 1 saturated heterocycles. The maximum atomic E-state index is 13.1. The molecule has 1 atom stereocenters. The van der Waals surface area contributed by atoms with Gasteiger partial charge in [0.15, 0.2) is 0 Å². The van der Waals surface area contributed by atoms with Crippen LogP contribution < -0.4 is 4.74 Å². The van der Waals surface area contributed by atoms with Gasteiger partial charge in [-0.15, -0.1) is 11.8 Å². The number of pyridine rings is 1. The lowest BCUT2D eigenvalue weighted by molar-refractivity contribution is -0.139. The molecule has 1 aromatic carbocycles. The van der Waals surface area contributed by atoms with Crippen LogP contribution in [0, 0.1) is 5.92 Å². The summed E-state index contributed by atoms with van der Waals surface area (Å²) in [4.78, 5) is 19.2. The first-order chi connectivity index (χ1) is 14.8. The minimum Gasteiger partial charge on any atom is -0.477 e. The van der Waals surface area contributed by atoms with Gasteiger partial charge in [-0.2, -0.15) is 13.2 Å². The van der Waals surface area contributed by atoms with E-state index in [1.165, 1.54) is 12.3 Å². The molecule has 1 aliphatic rings. The first kappa shape index (κ1) is 23.7. The highest BCUT2D eigenvalue weighted by Crippen LogP contribution is 2.35. The van der Waals surface area contributed by atoms with Gasteiger partial charge in [0, 0.05) is 41.5 Å². The topological polar surface area (TPSA) is 42.4 Å². The molecule has 1 fully saturated rings. The van der Waals surface area contributed by atoms with E-state index in [0.717, 1.165) is 36.0 Å². The van der Waals surface area contributed by atoms with E-state index in [1.54, 1.807) is 16.7 Å². The number of carbonyl (C=O) groups is 1. The number of nitrogens with zero attached hydrogens (tertiary/aromatic N) is 2. The van der Waals surface area contributed by atoms with Crippen LogP contribution in [0.15, 0.2) is 47.5 Å². The molecule has 1 aliphatic heterocycles. The second-order valence-electron chi connectivity index (χ2n) is 7.42. The number of aromatic nitrogens is 1. The van der Waals surface area contributed by atoms with Crippen LogP contribution in [0.2, 0.25) is 5.02 Å². The maximum absolute atomic E-state index is 13.1. The number of ether oxygens (including phenoxy) is 1. The number of amides is 1. The fourth-order valence-corrected chi connectivity index (χ4v) is 4.43. The highest BCUT2D eigenvalue weighted by Gasteiger charge is 2.35. The summed E-state index contributed by atoms with van der Waals surface area (Å²) in [6, 6.07) is 9.79. The highest BCUT2D eigenvalue weighted by atomic mass is 35.5. The van der Waals surface area contributed by atoms with E-state index in [2.05, 4.69) is 4.98 Å². The average molecular weight is 473 g/mol. The SMILES string of the molecule is O=C(CCCSc1ccc(Cl)cc1)N1CCCC(COc2ncccc2C(F)(F)F)C1. The van der Waals surface area contributed by atoms with Gasteiger partial charge in [0.05, 0.1) is 6.61 Å². The summed E-state index contributed by atoms with van der Waals surface area (Å²) in [7, 11) is 0. The summed E-state index contributed by atoms with van der Waals surface area (Å²) < 4.78 is 44.6. The number of piperidine rings is 1. The molecule has 1 aromatic heterocycles. The molecule has 2 heterocycles. The normalized spacial score (nSPS) is 16.9. The van der Waals surface area contributed by atoms with Crippen LogP contribution in [0.4, 0.5) is 13.2 Å². The minimum atomic E-state index is -4.51. The lowest BCUT2D eigenvalue weighted by Gasteiger charge is -2.32. The van der Waals surface area contributed by atoms with Crippen molar-refractivity contribution in [2.75, 3.05) is 25.4 Å². The van der Waals surface area contributed by atoms with Crippen molar-refractivity contribution in [1.29, 1.82) is 0 Å². The predicted molar refractivity (Wildman–Crippen MR) is 115 cm³/mol. The predicted octanol–water partition coefficient (Wildman–Crippen LogP) is 5.94. The number of hydrogen-bond donors (Lipinski definition) is 0. The van der Waals surface area contributed by atoms with Crippen LogP contribution in [0.1, 0.15) is 31.2 Å². The molecular weight excluding hydrogens is 449 g/mol. The Morgan fingerprint density at radius 3 is 2.77 bits per heavy atom.